The van der Waals surface area contributed by atoms with E-state index in [9.17, 15) is 21.6 Å². The Kier molecular flexibility index (Phi) is 9.21. The number of sulfonamides is 2. The van der Waals surface area contributed by atoms with E-state index in [0.29, 0.717) is 22.9 Å². The summed E-state index contributed by atoms with van der Waals surface area (Å²) in [4.78, 5) is 13.2. The maximum Gasteiger partial charge on any atom is 0.264 e. The molecule has 0 fully saturated rings. The van der Waals surface area contributed by atoms with Crippen LogP contribution in [0.4, 0.5) is 17.1 Å². The van der Waals surface area contributed by atoms with Crippen LogP contribution in [-0.4, -0.2) is 29.3 Å². The predicted molar refractivity (Wildman–Crippen MR) is 176 cm³/mol. The molecule has 0 heterocycles. The van der Waals surface area contributed by atoms with Gasteiger partial charge in [-0.2, -0.15) is 0 Å². The van der Waals surface area contributed by atoms with Gasteiger partial charge in [0, 0.05) is 5.69 Å². The summed E-state index contributed by atoms with van der Waals surface area (Å²) in [7, 11) is -8.02. The maximum absolute atomic E-state index is 13.7. The summed E-state index contributed by atoms with van der Waals surface area (Å²) in [6, 6.07) is 34.5. The molecule has 230 valence electrons. The van der Waals surface area contributed by atoms with Crippen LogP contribution in [0.5, 0.6) is 11.5 Å². The SMILES string of the molecule is Cc1cccc(C)c1NS(=O)(=O)c1ccc(NC(=O)CN(c2ccc(Oc3ccccc3)cc2)S(=O)(=O)c2ccccc2)cc1. The number of amides is 1. The monoisotopic (exact) mass is 641 g/mol. The van der Waals surface area contributed by atoms with Crippen molar-refractivity contribution in [3.05, 3.63) is 139 Å². The summed E-state index contributed by atoms with van der Waals surface area (Å²) in [6.45, 7) is 3.10. The van der Waals surface area contributed by atoms with E-state index in [0.717, 1.165) is 15.4 Å². The van der Waals surface area contributed by atoms with Crippen molar-refractivity contribution in [3.8, 4) is 11.5 Å². The second-order valence-electron chi connectivity index (χ2n) is 10.2. The van der Waals surface area contributed by atoms with Crippen molar-refractivity contribution in [1.29, 1.82) is 0 Å². The van der Waals surface area contributed by atoms with E-state index in [2.05, 4.69) is 10.0 Å². The number of anilines is 3. The molecule has 0 bridgehead atoms. The molecular weight excluding hydrogens is 611 g/mol. The molecule has 11 heteroatoms. The Bertz CT molecular complexity index is 1980. The van der Waals surface area contributed by atoms with Gasteiger partial charge in [-0.05, 0) is 97.8 Å². The van der Waals surface area contributed by atoms with Crippen LogP contribution < -0.4 is 19.1 Å². The number of hydrogen-bond acceptors (Lipinski definition) is 6. The third-order valence-corrected chi connectivity index (χ3v) is 10.0. The molecule has 2 N–H and O–H groups in total. The summed E-state index contributed by atoms with van der Waals surface area (Å²) >= 11 is 0. The number of aryl methyl sites for hydroxylation is 2. The minimum atomic E-state index is -4.13. The summed E-state index contributed by atoms with van der Waals surface area (Å²) in [5.41, 5.74) is 2.64. The Hall–Kier alpha value is -5.13. The van der Waals surface area contributed by atoms with E-state index < -0.39 is 32.5 Å². The number of carbonyl (C=O) groups excluding carboxylic acids is 1. The molecule has 45 heavy (non-hydrogen) atoms. The molecule has 9 nitrogen and oxygen atoms in total. The number of nitrogens with zero attached hydrogens (tertiary/aromatic N) is 1. The van der Waals surface area contributed by atoms with Crippen LogP contribution in [0.25, 0.3) is 0 Å². The molecule has 0 atom stereocenters. The Morgan fingerprint density at radius 3 is 1.80 bits per heavy atom. The summed E-state index contributed by atoms with van der Waals surface area (Å²) in [5, 5.41) is 2.67. The molecule has 5 aromatic rings. The number of para-hydroxylation sites is 2. The van der Waals surface area contributed by atoms with Crippen LogP contribution in [-0.2, 0) is 24.8 Å². The van der Waals surface area contributed by atoms with Crippen molar-refractivity contribution in [3.63, 3.8) is 0 Å². The Morgan fingerprint density at radius 2 is 1.20 bits per heavy atom. The van der Waals surface area contributed by atoms with Crippen LogP contribution in [0.2, 0.25) is 0 Å². The quantitative estimate of drug-likeness (QED) is 0.165. The lowest BCUT2D eigenvalue weighted by atomic mass is 10.1. The van der Waals surface area contributed by atoms with Crippen LogP contribution in [0.3, 0.4) is 0 Å². The van der Waals surface area contributed by atoms with Gasteiger partial charge < -0.3 is 10.1 Å². The summed E-state index contributed by atoms with van der Waals surface area (Å²) in [6.07, 6.45) is 0. The molecule has 0 aliphatic rings. The van der Waals surface area contributed by atoms with Gasteiger partial charge in [-0.3, -0.25) is 13.8 Å². The van der Waals surface area contributed by atoms with E-state index in [1.807, 2.05) is 50.2 Å². The van der Waals surface area contributed by atoms with Gasteiger partial charge in [0.1, 0.15) is 18.0 Å². The first-order chi connectivity index (χ1) is 21.5. The minimum Gasteiger partial charge on any atom is -0.457 e. The highest BCUT2D eigenvalue weighted by Crippen LogP contribution is 2.29. The molecule has 0 aliphatic heterocycles. The fourth-order valence-electron chi connectivity index (χ4n) is 4.56. The van der Waals surface area contributed by atoms with Crippen molar-refractivity contribution in [2.24, 2.45) is 0 Å². The van der Waals surface area contributed by atoms with Gasteiger partial charge in [0.05, 0.1) is 21.2 Å². The second-order valence-corrected chi connectivity index (χ2v) is 13.7. The Balaban J connectivity index is 1.34. The molecule has 0 aliphatic carbocycles. The average Bonchev–Trinajstić information content (AvgIpc) is 3.03. The molecule has 0 unspecified atom stereocenters. The normalized spacial score (nSPS) is 11.4. The maximum atomic E-state index is 13.7. The van der Waals surface area contributed by atoms with Crippen molar-refractivity contribution in [1.82, 2.24) is 0 Å². The number of carbonyl (C=O) groups is 1. The first kappa shape index (κ1) is 31.3. The van der Waals surface area contributed by atoms with Crippen molar-refractivity contribution in [2.75, 3.05) is 20.9 Å². The Morgan fingerprint density at radius 1 is 0.644 bits per heavy atom. The van der Waals surface area contributed by atoms with Gasteiger partial charge in [-0.25, -0.2) is 16.8 Å². The van der Waals surface area contributed by atoms with Crippen molar-refractivity contribution < 1.29 is 26.4 Å². The van der Waals surface area contributed by atoms with Gasteiger partial charge >= 0.3 is 0 Å². The number of benzene rings is 5. The zero-order valence-corrected chi connectivity index (χ0v) is 26.2. The predicted octanol–water partition coefficient (Wildman–Crippen LogP) is 6.73. The van der Waals surface area contributed by atoms with E-state index in [1.165, 1.54) is 36.4 Å². The molecule has 0 saturated heterocycles. The van der Waals surface area contributed by atoms with Gasteiger partial charge in [-0.15, -0.1) is 0 Å². The molecule has 1 amide bonds. The fourth-order valence-corrected chi connectivity index (χ4v) is 7.20. The lowest BCUT2D eigenvalue weighted by Gasteiger charge is -2.24. The zero-order chi connectivity index (χ0) is 32.0. The second kappa shape index (κ2) is 13.2. The third kappa shape index (κ3) is 7.51. The smallest absolute Gasteiger partial charge is 0.264 e. The fraction of sp³-hybridized carbons (Fsp3) is 0.0882. The minimum absolute atomic E-state index is 0.00856. The van der Waals surface area contributed by atoms with Gasteiger partial charge in [0.15, 0.2) is 0 Å². The van der Waals surface area contributed by atoms with E-state index in [-0.39, 0.29) is 15.5 Å². The van der Waals surface area contributed by atoms with Gasteiger partial charge in [0.2, 0.25) is 5.91 Å². The van der Waals surface area contributed by atoms with E-state index in [1.54, 1.807) is 54.6 Å². The lowest BCUT2D eigenvalue weighted by Crippen LogP contribution is -2.38. The third-order valence-electron chi connectivity index (χ3n) is 6.89. The highest BCUT2D eigenvalue weighted by atomic mass is 32.2. The van der Waals surface area contributed by atoms with Gasteiger partial charge in [-0.1, -0.05) is 54.6 Å². The van der Waals surface area contributed by atoms with Crippen molar-refractivity contribution >= 4 is 43.0 Å². The number of ether oxygens (including phenoxy) is 1. The summed E-state index contributed by atoms with van der Waals surface area (Å²) in [5.74, 6) is 0.496. The number of nitrogens with one attached hydrogen (secondary N) is 2. The number of hydrogen-bond donors (Lipinski definition) is 2. The van der Waals surface area contributed by atoms with Crippen LogP contribution in [0.1, 0.15) is 11.1 Å². The standard InChI is InChI=1S/C34H31N3O6S2/c1-25-10-9-11-26(2)34(25)36-44(39,40)31-22-16-27(17-23-31)35-33(38)24-37(45(41,42)32-14-7-4-8-15-32)28-18-20-30(21-19-28)43-29-12-5-3-6-13-29/h3-23,36H,24H2,1-2H3,(H,35,38). The molecule has 5 rings (SSSR count). The highest BCUT2D eigenvalue weighted by molar-refractivity contribution is 7.93. The van der Waals surface area contributed by atoms with E-state index >= 15 is 0 Å². The molecular formula is C34H31N3O6S2. The Labute approximate surface area is 263 Å². The first-order valence-electron chi connectivity index (χ1n) is 13.9. The number of rotatable bonds is 11. The molecule has 0 aromatic heterocycles. The van der Waals surface area contributed by atoms with Crippen molar-refractivity contribution in [2.45, 2.75) is 23.6 Å². The molecule has 0 spiro atoms. The topological polar surface area (TPSA) is 122 Å². The first-order valence-corrected chi connectivity index (χ1v) is 16.8. The van der Waals surface area contributed by atoms with E-state index in [4.69, 9.17) is 4.74 Å². The van der Waals surface area contributed by atoms with Gasteiger partial charge in [0.25, 0.3) is 20.0 Å². The lowest BCUT2D eigenvalue weighted by molar-refractivity contribution is -0.114. The molecule has 0 saturated carbocycles. The molecule has 0 radical (unpaired) electrons. The van der Waals surface area contributed by atoms with Crippen LogP contribution >= 0.6 is 0 Å². The van der Waals surface area contributed by atoms with Crippen LogP contribution in [0, 0.1) is 13.8 Å². The highest BCUT2D eigenvalue weighted by Gasteiger charge is 2.27. The van der Waals surface area contributed by atoms with Crippen LogP contribution in [0.15, 0.2) is 137 Å². The molecule has 5 aromatic carbocycles. The summed E-state index contributed by atoms with van der Waals surface area (Å²) < 4.78 is 62.9. The largest absolute Gasteiger partial charge is 0.457 e. The average molecular weight is 642 g/mol. The zero-order valence-electron chi connectivity index (χ0n) is 24.5.